The molecule has 3 unspecified atom stereocenters. The van der Waals surface area contributed by atoms with Crippen molar-refractivity contribution >= 4 is 0 Å². The summed E-state index contributed by atoms with van der Waals surface area (Å²) in [6, 6.07) is 19.8. The maximum Gasteiger partial charge on any atom is -0.0000622 e. The summed E-state index contributed by atoms with van der Waals surface area (Å²) in [5, 5.41) is 0. The van der Waals surface area contributed by atoms with Gasteiger partial charge in [-0.05, 0) is 46.8 Å². The van der Waals surface area contributed by atoms with Crippen LogP contribution in [0, 0.1) is 11.8 Å². The molecule has 2 aromatic carbocycles. The van der Waals surface area contributed by atoms with Crippen LogP contribution in [0.5, 0.6) is 0 Å². The molecule has 1 saturated carbocycles. The molecule has 0 nitrogen and oxygen atoms in total. The molecule has 0 spiro atoms. The average molecular weight is 260 g/mol. The number of hydrogen-bond acceptors (Lipinski definition) is 0. The van der Waals surface area contributed by atoms with E-state index in [-0.39, 0.29) is 0 Å². The van der Waals surface area contributed by atoms with Crippen molar-refractivity contribution in [2.45, 2.75) is 25.2 Å². The Morgan fingerprint density at radius 2 is 1.65 bits per heavy atom. The maximum atomic E-state index is 2.46. The molecule has 0 N–H and O–H groups in total. The van der Waals surface area contributed by atoms with Gasteiger partial charge in [-0.1, -0.05) is 73.7 Å². The van der Waals surface area contributed by atoms with Crippen LogP contribution < -0.4 is 0 Å². The Morgan fingerprint density at radius 1 is 0.900 bits per heavy atom. The molecule has 0 aromatic heterocycles. The van der Waals surface area contributed by atoms with Gasteiger partial charge in [0.05, 0.1) is 0 Å². The molecule has 0 heterocycles. The minimum absolute atomic E-state index is 0.311. The molecule has 2 aliphatic carbocycles. The summed E-state index contributed by atoms with van der Waals surface area (Å²) in [7, 11) is 0. The van der Waals surface area contributed by atoms with Crippen LogP contribution in [0.15, 0.2) is 66.7 Å². The lowest BCUT2D eigenvalue weighted by molar-refractivity contribution is 0.397. The Balaban J connectivity index is 1.86. The molecule has 20 heavy (non-hydrogen) atoms. The predicted molar refractivity (Wildman–Crippen MR) is 84.6 cm³/mol. The summed E-state index contributed by atoms with van der Waals surface area (Å²) in [5.41, 5.74) is 4.60. The highest BCUT2D eigenvalue weighted by molar-refractivity contribution is 5.69. The molecule has 4 rings (SSSR count). The van der Waals surface area contributed by atoms with Crippen LogP contribution in [-0.2, 0) is 5.41 Å². The topological polar surface area (TPSA) is 0 Å². The summed E-state index contributed by atoms with van der Waals surface area (Å²) < 4.78 is 0. The van der Waals surface area contributed by atoms with E-state index in [0.717, 1.165) is 11.8 Å². The Kier molecular flexibility index (Phi) is 2.60. The second-order valence-corrected chi connectivity index (χ2v) is 6.52. The Hall–Kier alpha value is -1.82. The lowest BCUT2D eigenvalue weighted by Gasteiger charge is -2.34. The molecular weight excluding hydrogens is 240 g/mol. The minimum atomic E-state index is 0.311. The monoisotopic (exact) mass is 260 g/mol. The van der Waals surface area contributed by atoms with E-state index in [1.807, 2.05) is 0 Å². The van der Waals surface area contributed by atoms with Crippen LogP contribution in [0.2, 0.25) is 0 Å². The largest absolute Gasteiger partial charge is 0.0851 e. The van der Waals surface area contributed by atoms with Gasteiger partial charge in [-0.25, -0.2) is 0 Å². The highest BCUT2D eigenvalue weighted by Crippen LogP contribution is 2.54. The maximum absolute atomic E-state index is 2.46. The van der Waals surface area contributed by atoms with Crippen LogP contribution in [0.25, 0.3) is 11.1 Å². The summed E-state index contributed by atoms with van der Waals surface area (Å²) in [6.45, 7) is 2.46. The minimum Gasteiger partial charge on any atom is -0.0851 e. The zero-order chi connectivity index (χ0) is 13.6. The van der Waals surface area contributed by atoms with Crippen molar-refractivity contribution in [3.05, 3.63) is 72.3 Å². The molecule has 1 fully saturated rings. The van der Waals surface area contributed by atoms with Crippen molar-refractivity contribution in [2.75, 3.05) is 0 Å². The van der Waals surface area contributed by atoms with Gasteiger partial charge in [0, 0.05) is 0 Å². The Morgan fingerprint density at radius 3 is 2.35 bits per heavy atom. The fraction of sp³-hybridized carbons (Fsp3) is 0.300. The average Bonchev–Trinajstić information content (AvgIpc) is 3.09. The van der Waals surface area contributed by atoms with Crippen LogP contribution in [0.4, 0.5) is 0 Å². The van der Waals surface area contributed by atoms with Gasteiger partial charge in [0.1, 0.15) is 0 Å². The van der Waals surface area contributed by atoms with E-state index >= 15 is 0 Å². The molecule has 2 bridgehead atoms. The first-order valence-corrected chi connectivity index (χ1v) is 7.61. The molecular formula is C20H20. The van der Waals surface area contributed by atoms with Crippen molar-refractivity contribution < 1.29 is 0 Å². The number of rotatable bonds is 2. The zero-order valence-corrected chi connectivity index (χ0v) is 11.9. The van der Waals surface area contributed by atoms with Crippen molar-refractivity contribution in [3.8, 4) is 11.1 Å². The SMILES string of the molecule is CC1(c2ccccc2-c2ccccc2)CC2C=CC1C2. The zero-order valence-electron chi connectivity index (χ0n) is 11.9. The first-order chi connectivity index (χ1) is 9.77. The van der Waals surface area contributed by atoms with E-state index in [0.29, 0.717) is 5.41 Å². The summed E-state index contributed by atoms with van der Waals surface area (Å²) in [5.74, 6) is 1.52. The van der Waals surface area contributed by atoms with E-state index in [1.54, 1.807) is 0 Å². The van der Waals surface area contributed by atoms with Gasteiger partial charge in [0.15, 0.2) is 0 Å². The van der Waals surface area contributed by atoms with Gasteiger partial charge in [-0.2, -0.15) is 0 Å². The number of allylic oxidation sites excluding steroid dienone is 2. The third kappa shape index (κ3) is 1.67. The second kappa shape index (κ2) is 4.34. The molecule has 0 heteroatoms. The van der Waals surface area contributed by atoms with Crippen molar-refractivity contribution in [2.24, 2.45) is 11.8 Å². The second-order valence-electron chi connectivity index (χ2n) is 6.52. The fourth-order valence-electron chi connectivity index (χ4n) is 4.25. The van der Waals surface area contributed by atoms with E-state index < -0.39 is 0 Å². The lowest BCUT2D eigenvalue weighted by Crippen LogP contribution is -2.27. The predicted octanol–water partition coefficient (Wildman–Crippen LogP) is 5.21. The van der Waals surface area contributed by atoms with Crippen LogP contribution in [-0.4, -0.2) is 0 Å². The number of hydrogen-bond donors (Lipinski definition) is 0. The molecule has 0 radical (unpaired) electrons. The molecule has 0 saturated heterocycles. The molecule has 2 aliphatic rings. The van der Waals surface area contributed by atoms with Crippen molar-refractivity contribution in [1.82, 2.24) is 0 Å². The molecule has 3 atom stereocenters. The molecule has 100 valence electrons. The van der Waals surface area contributed by atoms with Crippen molar-refractivity contribution in [1.29, 1.82) is 0 Å². The van der Waals surface area contributed by atoms with Crippen LogP contribution >= 0.6 is 0 Å². The smallest absolute Gasteiger partial charge is 0.0000622 e. The van der Waals surface area contributed by atoms with E-state index in [1.165, 1.54) is 29.5 Å². The normalized spacial score (nSPS) is 30.9. The third-order valence-corrected chi connectivity index (χ3v) is 5.30. The van der Waals surface area contributed by atoms with Gasteiger partial charge in [-0.3, -0.25) is 0 Å². The third-order valence-electron chi connectivity index (χ3n) is 5.30. The highest BCUT2D eigenvalue weighted by atomic mass is 14.5. The van der Waals surface area contributed by atoms with Gasteiger partial charge in [0.25, 0.3) is 0 Å². The van der Waals surface area contributed by atoms with Crippen molar-refractivity contribution in [3.63, 3.8) is 0 Å². The first-order valence-electron chi connectivity index (χ1n) is 7.61. The lowest BCUT2D eigenvalue weighted by atomic mass is 9.70. The standard InChI is InChI=1S/C20H20/c1-20(14-15-11-12-17(20)13-15)19-10-6-5-9-18(19)16-7-3-2-4-8-16/h2-12,15,17H,13-14H2,1H3. The first kappa shape index (κ1) is 12.0. The number of benzene rings is 2. The highest BCUT2D eigenvalue weighted by Gasteiger charge is 2.46. The molecule has 2 aromatic rings. The van der Waals surface area contributed by atoms with E-state index in [4.69, 9.17) is 0 Å². The Labute approximate surface area is 121 Å². The van der Waals surface area contributed by atoms with Crippen LogP contribution in [0.1, 0.15) is 25.3 Å². The summed E-state index contributed by atoms with van der Waals surface area (Å²) in [4.78, 5) is 0. The molecule has 0 amide bonds. The quantitative estimate of drug-likeness (QED) is 0.650. The van der Waals surface area contributed by atoms with Gasteiger partial charge < -0.3 is 0 Å². The Bertz CT molecular complexity index is 653. The van der Waals surface area contributed by atoms with Crippen LogP contribution in [0.3, 0.4) is 0 Å². The van der Waals surface area contributed by atoms with E-state index in [2.05, 4.69) is 73.7 Å². The fourth-order valence-corrected chi connectivity index (χ4v) is 4.25. The molecule has 0 aliphatic heterocycles. The summed E-state index contributed by atoms with van der Waals surface area (Å²) >= 11 is 0. The van der Waals surface area contributed by atoms with Gasteiger partial charge >= 0.3 is 0 Å². The number of fused-ring (bicyclic) bond motifs is 2. The van der Waals surface area contributed by atoms with Gasteiger partial charge in [-0.15, -0.1) is 0 Å². The van der Waals surface area contributed by atoms with E-state index in [9.17, 15) is 0 Å². The summed E-state index contributed by atoms with van der Waals surface area (Å²) in [6.07, 6.45) is 7.53. The van der Waals surface area contributed by atoms with Gasteiger partial charge in [0.2, 0.25) is 0 Å².